The molecule has 14 heteroatoms. The lowest BCUT2D eigenvalue weighted by Gasteiger charge is -2.38. The summed E-state index contributed by atoms with van der Waals surface area (Å²) in [4.78, 5) is 40.1. The summed E-state index contributed by atoms with van der Waals surface area (Å²) in [6, 6.07) is 1.19. The van der Waals surface area contributed by atoms with Crippen LogP contribution in [0.3, 0.4) is 0 Å². The Labute approximate surface area is 220 Å². The Morgan fingerprint density at radius 3 is 2.32 bits per heavy atom. The lowest BCUT2D eigenvalue weighted by Crippen LogP contribution is -2.51. The minimum absolute atomic E-state index is 0.0489. The van der Waals surface area contributed by atoms with E-state index < -0.39 is 38.6 Å². The number of aromatic nitrogens is 2. The van der Waals surface area contributed by atoms with Gasteiger partial charge in [0, 0.05) is 31.5 Å². The molecule has 1 aromatic rings. The maximum absolute atomic E-state index is 14.9. The van der Waals surface area contributed by atoms with E-state index >= 15 is 0 Å². The standard InChI is InChI=1S/C24H36F2N4O7Si/c1-15(2)38(16(3)4,35-13-7-5-6-11-29-19(31)8-9-20(29)32)36-14-17-21(33)24(25,26)22(37-17)30-12-10-18(27)28-23(30)34/h8-10,12,15-17,21-22,33H,5-7,11,13-14H2,1-4H3,(H2,27,28,34)/t17-,21-,22-/m1/s1. The van der Waals surface area contributed by atoms with E-state index in [1.807, 2.05) is 27.7 Å². The Morgan fingerprint density at radius 2 is 1.74 bits per heavy atom. The van der Waals surface area contributed by atoms with Gasteiger partial charge in [-0.15, -0.1) is 0 Å². The molecule has 0 saturated carbocycles. The number of carbonyl (C=O) groups is 2. The third-order valence-corrected chi connectivity index (χ3v) is 11.3. The van der Waals surface area contributed by atoms with Crippen molar-refractivity contribution in [2.75, 3.05) is 25.5 Å². The maximum atomic E-state index is 14.9. The molecule has 0 aliphatic carbocycles. The summed E-state index contributed by atoms with van der Waals surface area (Å²) in [6.07, 6.45) is -0.146. The Kier molecular flexibility index (Phi) is 9.57. The van der Waals surface area contributed by atoms with Crippen molar-refractivity contribution >= 4 is 26.2 Å². The van der Waals surface area contributed by atoms with Gasteiger partial charge in [-0.2, -0.15) is 13.8 Å². The van der Waals surface area contributed by atoms with Crippen LogP contribution < -0.4 is 11.4 Å². The monoisotopic (exact) mass is 558 g/mol. The number of anilines is 1. The van der Waals surface area contributed by atoms with Crippen molar-refractivity contribution in [3.05, 3.63) is 34.9 Å². The van der Waals surface area contributed by atoms with Gasteiger partial charge in [0.25, 0.3) is 11.8 Å². The number of amides is 2. The van der Waals surface area contributed by atoms with Gasteiger partial charge in [0.15, 0.2) is 6.10 Å². The molecule has 11 nitrogen and oxygen atoms in total. The second-order valence-corrected chi connectivity index (χ2v) is 14.4. The number of aliphatic hydroxyl groups is 1. The second kappa shape index (κ2) is 12.1. The number of unbranched alkanes of at least 4 members (excludes halogenated alkanes) is 2. The lowest BCUT2D eigenvalue weighted by molar-refractivity contribution is -0.141. The molecule has 3 N–H and O–H groups in total. The van der Waals surface area contributed by atoms with E-state index in [0.29, 0.717) is 37.0 Å². The van der Waals surface area contributed by atoms with Crippen molar-refractivity contribution in [3.8, 4) is 0 Å². The van der Waals surface area contributed by atoms with Crippen LogP contribution in [-0.2, 0) is 23.2 Å². The van der Waals surface area contributed by atoms with E-state index in [0.717, 1.165) is 6.20 Å². The molecule has 1 aromatic heterocycles. The van der Waals surface area contributed by atoms with Gasteiger partial charge in [-0.05, 0) is 36.4 Å². The summed E-state index contributed by atoms with van der Waals surface area (Å²) >= 11 is 0. The number of nitrogen functional groups attached to an aromatic ring is 1. The predicted molar refractivity (Wildman–Crippen MR) is 135 cm³/mol. The minimum atomic E-state index is -3.77. The largest absolute Gasteiger partial charge is 0.394 e. The zero-order valence-electron chi connectivity index (χ0n) is 22.0. The molecule has 0 spiro atoms. The van der Waals surface area contributed by atoms with Gasteiger partial charge < -0.3 is 24.4 Å². The van der Waals surface area contributed by atoms with Crippen molar-refractivity contribution < 1.29 is 37.1 Å². The first-order chi connectivity index (χ1) is 17.8. The first-order valence-corrected chi connectivity index (χ1v) is 14.7. The highest BCUT2D eigenvalue weighted by Gasteiger charge is 2.60. The summed E-state index contributed by atoms with van der Waals surface area (Å²) < 4.78 is 48.4. The van der Waals surface area contributed by atoms with E-state index in [1.165, 1.54) is 23.1 Å². The Hall–Kier alpha value is -2.52. The average Bonchev–Trinajstić information content (AvgIpc) is 3.27. The number of nitrogens with two attached hydrogens (primary N) is 1. The number of nitrogens with zero attached hydrogens (tertiary/aromatic N) is 3. The van der Waals surface area contributed by atoms with Crippen LogP contribution in [0.15, 0.2) is 29.2 Å². The number of aliphatic hydroxyl groups excluding tert-OH is 1. The van der Waals surface area contributed by atoms with Crippen LogP contribution in [-0.4, -0.2) is 77.8 Å². The zero-order valence-corrected chi connectivity index (χ0v) is 23.0. The number of hydrogen-bond donors (Lipinski definition) is 2. The SMILES string of the molecule is CC(C)[Si](OCCCCCN1C(=O)C=CC1=O)(OC[C@H]1O[C@@H](n2ccc(N)nc2=O)C(F)(F)[C@@H]1O)C(C)C. The summed E-state index contributed by atoms with van der Waals surface area (Å²) in [7, 11) is -2.98. The van der Waals surface area contributed by atoms with Crippen LogP contribution in [0, 0.1) is 0 Å². The third-order valence-electron chi connectivity index (χ3n) is 6.82. The highest BCUT2D eigenvalue weighted by atomic mass is 28.4. The number of hydrogen-bond acceptors (Lipinski definition) is 9. The molecule has 0 bridgehead atoms. The fourth-order valence-electron chi connectivity index (χ4n) is 4.73. The molecule has 0 radical (unpaired) electrons. The highest BCUT2D eigenvalue weighted by molar-refractivity contribution is 6.70. The van der Waals surface area contributed by atoms with Gasteiger partial charge in [-0.1, -0.05) is 27.7 Å². The molecule has 38 heavy (non-hydrogen) atoms. The van der Waals surface area contributed by atoms with Crippen LogP contribution in [0.4, 0.5) is 14.6 Å². The lowest BCUT2D eigenvalue weighted by atomic mass is 10.1. The number of rotatable bonds is 13. The normalized spacial score (nSPS) is 23.4. The molecule has 212 valence electrons. The molecular weight excluding hydrogens is 522 g/mol. The number of ether oxygens (including phenoxy) is 1. The van der Waals surface area contributed by atoms with Gasteiger partial charge in [0.2, 0.25) is 6.23 Å². The summed E-state index contributed by atoms with van der Waals surface area (Å²) in [5.74, 6) is -4.52. The average molecular weight is 559 g/mol. The Bertz CT molecular complexity index is 1070. The Morgan fingerprint density at radius 1 is 1.11 bits per heavy atom. The Balaban J connectivity index is 1.59. The van der Waals surface area contributed by atoms with E-state index in [2.05, 4.69) is 4.98 Å². The van der Waals surface area contributed by atoms with Crippen molar-refractivity contribution in [2.24, 2.45) is 0 Å². The van der Waals surface area contributed by atoms with Crippen molar-refractivity contribution in [1.29, 1.82) is 0 Å². The molecule has 1 fully saturated rings. The molecule has 3 heterocycles. The van der Waals surface area contributed by atoms with Gasteiger partial charge in [-0.3, -0.25) is 19.1 Å². The van der Waals surface area contributed by atoms with Gasteiger partial charge in [0.1, 0.15) is 11.9 Å². The van der Waals surface area contributed by atoms with Crippen molar-refractivity contribution in [2.45, 2.75) is 82.4 Å². The first-order valence-electron chi connectivity index (χ1n) is 12.7. The van der Waals surface area contributed by atoms with E-state index in [9.17, 15) is 28.3 Å². The highest BCUT2D eigenvalue weighted by Crippen LogP contribution is 2.43. The molecule has 2 amide bonds. The number of carbonyl (C=O) groups excluding carboxylic acids is 2. The zero-order chi connectivity index (χ0) is 28.3. The van der Waals surface area contributed by atoms with E-state index in [1.54, 1.807) is 0 Å². The quantitative estimate of drug-likeness (QED) is 0.211. The molecule has 2 aliphatic heterocycles. The summed E-state index contributed by atoms with van der Waals surface area (Å²) in [5.41, 5.74) is 4.33. The van der Waals surface area contributed by atoms with Gasteiger partial charge in [-0.25, -0.2) is 4.79 Å². The molecule has 0 unspecified atom stereocenters. The van der Waals surface area contributed by atoms with E-state index in [4.69, 9.17) is 19.3 Å². The van der Waals surface area contributed by atoms with Crippen LogP contribution in [0.1, 0.15) is 53.2 Å². The molecule has 1 saturated heterocycles. The van der Waals surface area contributed by atoms with Crippen LogP contribution in [0.5, 0.6) is 0 Å². The molecule has 2 aliphatic rings. The topological polar surface area (TPSA) is 146 Å². The van der Waals surface area contributed by atoms with Gasteiger partial charge >= 0.3 is 20.2 Å². The molecule has 0 aromatic carbocycles. The summed E-state index contributed by atoms with van der Waals surface area (Å²) in [5, 5.41) is 10.4. The minimum Gasteiger partial charge on any atom is -0.394 e. The van der Waals surface area contributed by atoms with Crippen LogP contribution >= 0.6 is 0 Å². The number of alkyl halides is 2. The van der Waals surface area contributed by atoms with Crippen molar-refractivity contribution in [3.63, 3.8) is 0 Å². The van der Waals surface area contributed by atoms with E-state index in [-0.39, 0.29) is 35.3 Å². The summed E-state index contributed by atoms with van der Waals surface area (Å²) in [6.45, 7) is 8.08. The molecule has 3 atom stereocenters. The predicted octanol–water partition coefficient (Wildman–Crippen LogP) is 2.11. The molecular formula is C24H36F2N4O7Si. The van der Waals surface area contributed by atoms with Crippen LogP contribution in [0.2, 0.25) is 11.1 Å². The van der Waals surface area contributed by atoms with Crippen LogP contribution in [0.25, 0.3) is 0 Å². The fourth-order valence-corrected chi connectivity index (χ4v) is 8.37. The third kappa shape index (κ3) is 6.20. The number of halogens is 2. The second-order valence-electron chi connectivity index (χ2n) is 10.1. The van der Waals surface area contributed by atoms with Gasteiger partial charge in [0.05, 0.1) is 6.61 Å². The first kappa shape index (κ1) is 30.0. The maximum Gasteiger partial charge on any atom is 0.351 e. The van der Waals surface area contributed by atoms with Crippen molar-refractivity contribution in [1.82, 2.24) is 14.5 Å². The smallest absolute Gasteiger partial charge is 0.351 e. The number of imide groups is 1. The molecule has 3 rings (SSSR count). The fraction of sp³-hybridized carbons (Fsp3) is 0.667.